The van der Waals surface area contributed by atoms with E-state index in [1.165, 1.54) is 11.1 Å². The molecular weight excluding hydrogens is 148 g/mol. The minimum atomic E-state index is 0.320. The zero-order valence-corrected chi connectivity index (χ0v) is 8.26. The first-order chi connectivity index (χ1) is 5.65. The summed E-state index contributed by atoms with van der Waals surface area (Å²) in [6.07, 6.45) is 4.84. The van der Waals surface area contributed by atoms with Gasteiger partial charge in [-0.15, -0.1) is 0 Å². The van der Waals surface area contributed by atoms with Gasteiger partial charge in [0.2, 0.25) is 0 Å². The lowest BCUT2D eigenvalue weighted by Crippen LogP contribution is -2.21. The van der Waals surface area contributed by atoms with Gasteiger partial charge >= 0.3 is 0 Å². The largest absolute Gasteiger partial charge is 0.377 e. The van der Waals surface area contributed by atoms with Gasteiger partial charge in [-0.3, -0.25) is 0 Å². The van der Waals surface area contributed by atoms with Crippen LogP contribution in [-0.4, -0.2) is 13.2 Å². The van der Waals surface area contributed by atoms with Crippen LogP contribution in [0.5, 0.6) is 0 Å². The Morgan fingerprint density at radius 1 is 1.67 bits per heavy atom. The van der Waals surface area contributed by atoms with Gasteiger partial charge in [-0.05, 0) is 38.2 Å². The molecule has 12 heavy (non-hydrogen) atoms. The highest BCUT2D eigenvalue weighted by Gasteiger charge is 2.21. The average molecular weight is 166 g/mol. The molecule has 1 aliphatic rings. The molecule has 0 spiro atoms. The summed E-state index contributed by atoms with van der Waals surface area (Å²) in [4.78, 5) is 0. The molecule has 0 saturated heterocycles. The molecule has 0 saturated carbocycles. The fourth-order valence-electron chi connectivity index (χ4n) is 1.68. The molecule has 0 aromatic rings. The van der Waals surface area contributed by atoms with Gasteiger partial charge in [-0.2, -0.15) is 0 Å². The van der Waals surface area contributed by atoms with Crippen molar-refractivity contribution in [1.29, 1.82) is 0 Å². The number of allylic oxidation sites excluding steroid dienone is 2. The Labute approximate surface area is 75.1 Å². The second-order valence-electron chi connectivity index (χ2n) is 3.69. The van der Waals surface area contributed by atoms with Gasteiger partial charge in [-0.1, -0.05) is 18.2 Å². The van der Waals surface area contributed by atoms with Crippen LogP contribution in [-0.2, 0) is 4.74 Å². The van der Waals surface area contributed by atoms with Crippen molar-refractivity contribution in [3.8, 4) is 0 Å². The van der Waals surface area contributed by atoms with E-state index in [0.29, 0.717) is 12.0 Å². The molecule has 0 heterocycles. The van der Waals surface area contributed by atoms with Crippen LogP contribution in [0, 0.1) is 5.92 Å². The maximum absolute atomic E-state index is 5.37. The molecule has 0 radical (unpaired) electrons. The normalized spacial score (nSPS) is 29.8. The van der Waals surface area contributed by atoms with Crippen LogP contribution in [0.4, 0.5) is 0 Å². The fraction of sp³-hybridized carbons (Fsp3) is 0.636. The summed E-state index contributed by atoms with van der Waals surface area (Å²) < 4.78 is 5.37. The zero-order valence-electron chi connectivity index (χ0n) is 8.26. The van der Waals surface area contributed by atoms with Gasteiger partial charge in [-0.25, -0.2) is 0 Å². The Balaban J connectivity index is 2.64. The SMILES string of the molecule is C=C(C)[C@H]1CC=C(C)[C@H](OC)C1. The molecule has 0 amide bonds. The van der Waals surface area contributed by atoms with Gasteiger partial charge in [0.1, 0.15) is 0 Å². The minimum Gasteiger partial charge on any atom is -0.377 e. The highest BCUT2D eigenvalue weighted by molar-refractivity contribution is 5.14. The monoisotopic (exact) mass is 166 g/mol. The van der Waals surface area contributed by atoms with Crippen molar-refractivity contribution in [1.82, 2.24) is 0 Å². The van der Waals surface area contributed by atoms with Gasteiger partial charge in [0.05, 0.1) is 6.10 Å². The zero-order chi connectivity index (χ0) is 9.14. The number of hydrogen-bond donors (Lipinski definition) is 0. The third-order valence-electron chi connectivity index (χ3n) is 2.71. The maximum Gasteiger partial charge on any atom is 0.0784 e. The summed E-state index contributed by atoms with van der Waals surface area (Å²) in [5, 5.41) is 0. The van der Waals surface area contributed by atoms with Crippen molar-refractivity contribution >= 4 is 0 Å². The van der Waals surface area contributed by atoms with Gasteiger partial charge in [0.25, 0.3) is 0 Å². The molecule has 0 aliphatic heterocycles. The number of hydrogen-bond acceptors (Lipinski definition) is 1. The van der Waals surface area contributed by atoms with E-state index in [1.807, 2.05) is 0 Å². The second-order valence-corrected chi connectivity index (χ2v) is 3.69. The van der Waals surface area contributed by atoms with Crippen LogP contribution in [0.2, 0.25) is 0 Å². The molecule has 0 N–H and O–H groups in total. The van der Waals surface area contributed by atoms with E-state index >= 15 is 0 Å². The second kappa shape index (κ2) is 3.90. The van der Waals surface area contributed by atoms with E-state index in [1.54, 1.807) is 7.11 Å². The molecule has 1 rings (SSSR count). The lowest BCUT2D eigenvalue weighted by Gasteiger charge is -2.27. The first-order valence-electron chi connectivity index (χ1n) is 4.50. The van der Waals surface area contributed by atoms with Crippen molar-refractivity contribution in [3.05, 3.63) is 23.8 Å². The van der Waals surface area contributed by atoms with Crippen molar-refractivity contribution in [2.24, 2.45) is 5.92 Å². The smallest absolute Gasteiger partial charge is 0.0784 e. The molecular formula is C11H18O. The highest BCUT2D eigenvalue weighted by atomic mass is 16.5. The predicted octanol–water partition coefficient (Wildman–Crippen LogP) is 2.93. The molecule has 1 nitrogen and oxygen atoms in total. The van der Waals surface area contributed by atoms with E-state index in [2.05, 4.69) is 26.5 Å². The Morgan fingerprint density at radius 3 is 2.83 bits per heavy atom. The summed E-state index contributed by atoms with van der Waals surface area (Å²) in [6, 6.07) is 0. The van der Waals surface area contributed by atoms with Crippen LogP contribution in [0.15, 0.2) is 23.8 Å². The third-order valence-corrected chi connectivity index (χ3v) is 2.71. The van der Waals surface area contributed by atoms with Crippen molar-refractivity contribution in [2.45, 2.75) is 32.8 Å². The van der Waals surface area contributed by atoms with E-state index < -0.39 is 0 Å². The first kappa shape index (κ1) is 9.53. The van der Waals surface area contributed by atoms with Crippen LogP contribution >= 0.6 is 0 Å². The summed E-state index contributed by atoms with van der Waals surface area (Å²) in [5.74, 6) is 0.624. The summed E-state index contributed by atoms with van der Waals surface area (Å²) in [5.41, 5.74) is 2.65. The van der Waals surface area contributed by atoms with Crippen LogP contribution < -0.4 is 0 Å². The Bertz CT molecular complexity index is 203. The van der Waals surface area contributed by atoms with Crippen LogP contribution in [0.1, 0.15) is 26.7 Å². The lowest BCUT2D eigenvalue weighted by atomic mass is 9.84. The maximum atomic E-state index is 5.37. The number of ether oxygens (including phenoxy) is 1. The molecule has 0 bridgehead atoms. The van der Waals surface area contributed by atoms with Crippen LogP contribution in [0.3, 0.4) is 0 Å². The molecule has 2 atom stereocenters. The van der Waals surface area contributed by atoms with Crippen LogP contribution in [0.25, 0.3) is 0 Å². The minimum absolute atomic E-state index is 0.320. The first-order valence-corrected chi connectivity index (χ1v) is 4.50. The van der Waals surface area contributed by atoms with Crippen molar-refractivity contribution in [3.63, 3.8) is 0 Å². The summed E-state index contributed by atoms with van der Waals surface area (Å²) >= 11 is 0. The third kappa shape index (κ3) is 1.98. The summed E-state index contributed by atoms with van der Waals surface area (Å²) in [7, 11) is 1.78. The topological polar surface area (TPSA) is 9.23 Å². The van der Waals surface area contributed by atoms with E-state index in [0.717, 1.165) is 12.8 Å². The number of rotatable bonds is 2. The molecule has 1 aliphatic carbocycles. The van der Waals surface area contributed by atoms with E-state index in [-0.39, 0.29) is 0 Å². The Kier molecular flexibility index (Phi) is 3.10. The molecule has 68 valence electrons. The molecule has 1 heteroatoms. The standard InChI is InChI=1S/C11H18O/c1-8(2)10-6-5-9(3)11(7-10)12-4/h5,10-11H,1,6-7H2,2-4H3/t10-,11+/m0/s1. The van der Waals surface area contributed by atoms with E-state index in [9.17, 15) is 0 Å². The average Bonchev–Trinajstić information content (AvgIpc) is 2.05. The fourth-order valence-corrected chi connectivity index (χ4v) is 1.68. The molecule has 0 fully saturated rings. The van der Waals surface area contributed by atoms with Crippen molar-refractivity contribution in [2.75, 3.05) is 7.11 Å². The summed E-state index contributed by atoms with van der Waals surface area (Å²) in [6.45, 7) is 8.23. The lowest BCUT2D eigenvalue weighted by molar-refractivity contribution is 0.107. The number of methoxy groups -OCH3 is 1. The quantitative estimate of drug-likeness (QED) is 0.573. The molecule has 0 unspecified atom stereocenters. The van der Waals surface area contributed by atoms with E-state index in [4.69, 9.17) is 4.74 Å². The predicted molar refractivity (Wildman–Crippen MR) is 52.1 cm³/mol. The van der Waals surface area contributed by atoms with Gasteiger partial charge in [0.15, 0.2) is 0 Å². The van der Waals surface area contributed by atoms with Gasteiger partial charge < -0.3 is 4.74 Å². The molecule has 0 aromatic carbocycles. The molecule has 0 aromatic heterocycles. The Hall–Kier alpha value is -0.560. The highest BCUT2D eigenvalue weighted by Crippen LogP contribution is 2.29. The Morgan fingerprint density at radius 2 is 2.33 bits per heavy atom. The van der Waals surface area contributed by atoms with Crippen molar-refractivity contribution < 1.29 is 4.74 Å². The van der Waals surface area contributed by atoms with Gasteiger partial charge in [0, 0.05) is 7.11 Å².